The first-order chi connectivity index (χ1) is 11.8. The second-order valence-electron chi connectivity index (χ2n) is 5.62. The average Bonchev–Trinajstić information content (AvgIpc) is 3.30. The van der Waals surface area contributed by atoms with Gasteiger partial charge in [0.25, 0.3) is 5.91 Å². The van der Waals surface area contributed by atoms with E-state index in [1.54, 1.807) is 23.7 Å². The predicted octanol–water partition coefficient (Wildman–Crippen LogP) is 1.71. The van der Waals surface area contributed by atoms with Crippen molar-refractivity contribution in [1.29, 1.82) is 0 Å². The third-order valence-corrected chi connectivity index (χ3v) is 5.09. The third kappa shape index (κ3) is 2.63. The van der Waals surface area contributed by atoms with E-state index in [0.29, 0.717) is 31.0 Å². The summed E-state index contributed by atoms with van der Waals surface area (Å²) in [6, 6.07) is 3.72. The van der Waals surface area contributed by atoms with Crippen molar-refractivity contribution in [2.45, 2.75) is 6.54 Å². The van der Waals surface area contributed by atoms with Gasteiger partial charge in [-0.3, -0.25) is 4.79 Å². The minimum Gasteiger partial charge on any atom is -0.467 e. The fourth-order valence-corrected chi connectivity index (χ4v) is 3.77. The molecule has 0 aliphatic carbocycles. The van der Waals surface area contributed by atoms with E-state index in [1.165, 1.54) is 6.26 Å². The Labute approximate surface area is 142 Å². The van der Waals surface area contributed by atoms with Crippen LogP contribution < -0.4 is 10.6 Å². The number of anilines is 1. The molecule has 1 saturated heterocycles. The van der Waals surface area contributed by atoms with Crippen molar-refractivity contribution < 1.29 is 9.21 Å². The van der Waals surface area contributed by atoms with Crippen molar-refractivity contribution >= 4 is 33.3 Å². The molecule has 0 spiro atoms. The van der Waals surface area contributed by atoms with E-state index in [2.05, 4.69) is 14.9 Å². The molecule has 0 radical (unpaired) electrons. The van der Waals surface area contributed by atoms with Crippen LogP contribution in [0.1, 0.15) is 16.1 Å². The van der Waals surface area contributed by atoms with Gasteiger partial charge in [-0.25, -0.2) is 9.97 Å². The van der Waals surface area contributed by atoms with E-state index < -0.39 is 0 Å². The number of nitrogens with two attached hydrogens (primary N) is 1. The van der Waals surface area contributed by atoms with Crippen molar-refractivity contribution in [3.05, 3.63) is 41.4 Å². The quantitative estimate of drug-likeness (QED) is 0.779. The van der Waals surface area contributed by atoms with Crippen LogP contribution in [0.25, 0.3) is 10.2 Å². The molecule has 124 valence electrons. The van der Waals surface area contributed by atoms with Gasteiger partial charge in [0.15, 0.2) is 0 Å². The highest BCUT2D eigenvalue weighted by Crippen LogP contribution is 2.28. The van der Waals surface area contributed by atoms with Gasteiger partial charge in [-0.05, 0) is 17.5 Å². The lowest BCUT2D eigenvalue weighted by Crippen LogP contribution is -2.49. The zero-order valence-electron chi connectivity index (χ0n) is 13.0. The molecule has 24 heavy (non-hydrogen) atoms. The molecule has 1 aliphatic heterocycles. The number of furan rings is 1. The molecule has 2 N–H and O–H groups in total. The molecule has 4 heterocycles. The molecule has 0 bridgehead atoms. The van der Waals surface area contributed by atoms with Gasteiger partial charge in [0.05, 0.1) is 22.3 Å². The molecule has 0 atom stereocenters. The number of hydrogen-bond acceptors (Lipinski definition) is 7. The number of carbonyl (C=O) groups excluding carboxylic acids is 1. The second-order valence-corrected chi connectivity index (χ2v) is 6.53. The van der Waals surface area contributed by atoms with Crippen molar-refractivity contribution in [3.63, 3.8) is 0 Å². The highest BCUT2D eigenvalue weighted by atomic mass is 32.1. The van der Waals surface area contributed by atoms with Crippen molar-refractivity contribution in [2.75, 3.05) is 31.1 Å². The fourth-order valence-electron chi connectivity index (χ4n) is 2.90. The lowest BCUT2D eigenvalue weighted by molar-refractivity contribution is 0.0746. The first-order valence-electron chi connectivity index (χ1n) is 7.76. The topological polar surface area (TPSA) is 88.5 Å². The molecule has 0 unspecified atom stereocenters. The molecule has 8 heteroatoms. The van der Waals surface area contributed by atoms with Crippen LogP contribution >= 0.6 is 11.3 Å². The number of piperazine rings is 1. The first kappa shape index (κ1) is 15.1. The van der Waals surface area contributed by atoms with Crippen molar-refractivity contribution in [1.82, 2.24) is 14.9 Å². The molecule has 0 saturated carbocycles. The summed E-state index contributed by atoms with van der Waals surface area (Å²) in [6.45, 7) is 3.10. The molecule has 1 aliphatic rings. The molecule has 0 aromatic carbocycles. The predicted molar refractivity (Wildman–Crippen MR) is 92.1 cm³/mol. The van der Waals surface area contributed by atoms with Crippen LogP contribution in [0.2, 0.25) is 0 Å². The van der Waals surface area contributed by atoms with E-state index in [1.807, 2.05) is 16.3 Å². The number of amides is 1. The first-order valence-corrected chi connectivity index (χ1v) is 8.64. The number of thiophene rings is 1. The summed E-state index contributed by atoms with van der Waals surface area (Å²) in [7, 11) is 0. The number of fused-ring (bicyclic) bond motifs is 1. The number of hydrogen-bond donors (Lipinski definition) is 1. The Morgan fingerprint density at radius 3 is 2.88 bits per heavy atom. The van der Waals surface area contributed by atoms with Crippen LogP contribution in [-0.4, -0.2) is 47.0 Å². The van der Waals surface area contributed by atoms with Crippen LogP contribution in [0.5, 0.6) is 0 Å². The Kier molecular flexibility index (Phi) is 3.91. The molecular formula is C16H17N5O2S. The van der Waals surface area contributed by atoms with E-state index in [-0.39, 0.29) is 5.91 Å². The molecule has 1 amide bonds. The van der Waals surface area contributed by atoms with Crippen LogP contribution in [0.3, 0.4) is 0 Å². The van der Waals surface area contributed by atoms with Crippen LogP contribution in [0.4, 0.5) is 5.82 Å². The lowest BCUT2D eigenvalue weighted by Gasteiger charge is -2.35. The van der Waals surface area contributed by atoms with E-state index >= 15 is 0 Å². The van der Waals surface area contributed by atoms with Gasteiger partial charge in [0.1, 0.15) is 24.2 Å². The Bertz CT molecular complexity index is 866. The van der Waals surface area contributed by atoms with Crippen LogP contribution in [-0.2, 0) is 6.54 Å². The molecule has 3 aromatic rings. The highest BCUT2D eigenvalue weighted by Gasteiger charge is 2.25. The van der Waals surface area contributed by atoms with Gasteiger partial charge in [-0.2, -0.15) is 0 Å². The maximum Gasteiger partial charge on any atom is 0.257 e. The number of rotatable bonds is 3. The van der Waals surface area contributed by atoms with Gasteiger partial charge in [-0.15, -0.1) is 11.3 Å². The van der Waals surface area contributed by atoms with Gasteiger partial charge in [-0.1, -0.05) is 0 Å². The minimum atomic E-state index is -0.0120. The minimum absolute atomic E-state index is 0.0120. The Morgan fingerprint density at radius 1 is 1.29 bits per heavy atom. The molecule has 3 aromatic heterocycles. The van der Waals surface area contributed by atoms with E-state index in [9.17, 15) is 4.79 Å². The maximum absolute atomic E-state index is 12.5. The smallest absolute Gasteiger partial charge is 0.257 e. The number of aromatic nitrogens is 2. The summed E-state index contributed by atoms with van der Waals surface area (Å²) in [5.41, 5.74) is 7.05. The largest absolute Gasteiger partial charge is 0.467 e. The maximum atomic E-state index is 12.5. The van der Waals surface area contributed by atoms with Crippen LogP contribution in [0, 0.1) is 0 Å². The van der Waals surface area contributed by atoms with Gasteiger partial charge in [0, 0.05) is 26.2 Å². The third-order valence-electron chi connectivity index (χ3n) is 4.19. The van der Waals surface area contributed by atoms with Crippen LogP contribution in [0.15, 0.2) is 34.5 Å². The zero-order valence-corrected chi connectivity index (χ0v) is 13.8. The Balaban J connectivity index is 1.47. The van der Waals surface area contributed by atoms with Crippen molar-refractivity contribution in [3.8, 4) is 0 Å². The summed E-state index contributed by atoms with van der Waals surface area (Å²) >= 11 is 1.65. The summed E-state index contributed by atoms with van der Waals surface area (Å²) in [6.07, 6.45) is 3.08. The Morgan fingerprint density at radius 2 is 2.12 bits per heavy atom. The van der Waals surface area contributed by atoms with E-state index in [4.69, 9.17) is 10.2 Å². The molecule has 7 nitrogen and oxygen atoms in total. The Hall–Kier alpha value is -2.45. The van der Waals surface area contributed by atoms with Gasteiger partial charge < -0.3 is 20.0 Å². The lowest BCUT2D eigenvalue weighted by atomic mass is 10.2. The van der Waals surface area contributed by atoms with Gasteiger partial charge in [0.2, 0.25) is 0 Å². The standard InChI is InChI=1S/C16H17N5O2S/c17-8-12-7-11(9-23-12)16(22)21-4-2-20(3-5-21)15-14-13(1-6-24-14)18-10-19-15/h1,6-7,9-10H,2-5,8,17H2. The normalized spacial score (nSPS) is 15.2. The van der Waals surface area contributed by atoms with Crippen molar-refractivity contribution in [2.24, 2.45) is 5.73 Å². The average molecular weight is 343 g/mol. The van der Waals surface area contributed by atoms with Gasteiger partial charge >= 0.3 is 0 Å². The summed E-state index contributed by atoms with van der Waals surface area (Å²) in [5.74, 6) is 1.57. The van der Waals surface area contributed by atoms with E-state index in [0.717, 1.165) is 29.1 Å². The second kappa shape index (κ2) is 6.21. The fraction of sp³-hybridized carbons (Fsp3) is 0.312. The summed E-state index contributed by atoms with van der Waals surface area (Å²) in [4.78, 5) is 25.3. The number of nitrogens with zero attached hydrogens (tertiary/aromatic N) is 4. The monoisotopic (exact) mass is 343 g/mol. The highest BCUT2D eigenvalue weighted by molar-refractivity contribution is 7.17. The summed E-state index contributed by atoms with van der Waals surface area (Å²) in [5, 5.41) is 2.02. The summed E-state index contributed by atoms with van der Waals surface area (Å²) < 4.78 is 6.35. The SMILES string of the molecule is NCc1cc(C(=O)N2CCN(c3ncnc4ccsc34)CC2)co1. The zero-order chi connectivity index (χ0) is 16.5. The number of carbonyl (C=O) groups is 1. The molecule has 4 rings (SSSR count). The molecular weight excluding hydrogens is 326 g/mol. The molecule has 1 fully saturated rings.